The van der Waals surface area contributed by atoms with Gasteiger partial charge < -0.3 is 4.74 Å². The molecule has 0 aromatic rings. The van der Waals surface area contributed by atoms with Crippen molar-refractivity contribution < 1.29 is 9.53 Å². The third kappa shape index (κ3) is 6.01. The van der Waals surface area contributed by atoms with Crippen LogP contribution in [0.3, 0.4) is 0 Å². The van der Waals surface area contributed by atoms with Crippen LogP contribution in [-0.4, -0.2) is 12.1 Å². The van der Waals surface area contributed by atoms with Gasteiger partial charge in [0, 0.05) is 6.08 Å². The fourth-order valence-electron chi connectivity index (χ4n) is 4.07. The van der Waals surface area contributed by atoms with Crippen LogP contribution in [0.15, 0.2) is 12.2 Å². The molecule has 0 aromatic heterocycles. The summed E-state index contributed by atoms with van der Waals surface area (Å²) < 4.78 is 5.79. The molecule has 0 atom stereocenters. The summed E-state index contributed by atoms with van der Waals surface area (Å²) in [5.41, 5.74) is 0. The van der Waals surface area contributed by atoms with Crippen LogP contribution in [-0.2, 0) is 9.53 Å². The standard InChI is InChI=1S/C20H31NO2/c1-2-16-9-13-19(14-10-16)23-20(22)18-11-7-17(8-12-18)6-4-3-5-15-21/h3,5,16-19H,2,4,6-14H2,1H3/t16-,17-,18-,19-. The zero-order chi connectivity index (χ0) is 16.5. The number of allylic oxidation sites excluding steroid dienone is 2. The second kappa shape index (κ2) is 9.75. The number of hydrogen-bond donors (Lipinski definition) is 0. The highest BCUT2D eigenvalue weighted by Gasteiger charge is 2.30. The van der Waals surface area contributed by atoms with Crippen LogP contribution in [0.1, 0.15) is 77.6 Å². The third-order valence-corrected chi connectivity index (χ3v) is 5.77. The molecule has 0 bridgehead atoms. The molecule has 0 saturated heterocycles. The minimum atomic E-state index is 0.0628. The molecule has 0 aliphatic heterocycles. The van der Waals surface area contributed by atoms with E-state index < -0.39 is 0 Å². The SMILES string of the molecule is CC[C@H]1CC[C@H](OC(=O)[C@H]2CC[C@H](CCC=CC#N)CC2)CC1. The minimum Gasteiger partial charge on any atom is -0.462 e. The van der Waals surface area contributed by atoms with Gasteiger partial charge in [-0.3, -0.25) is 4.79 Å². The van der Waals surface area contributed by atoms with Crippen molar-refractivity contribution in [1.82, 2.24) is 0 Å². The zero-order valence-corrected chi connectivity index (χ0v) is 14.5. The zero-order valence-electron chi connectivity index (χ0n) is 14.5. The first-order chi connectivity index (χ1) is 11.2. The Morgan fingerprint density at radius 2 is 1.74 bits per heavy atom. The van der Waals surface area contributed by atoms with Gasteiger partial charge >= 0.3 is 5.97 Å². The summed E-state index contributed by atoms with van der Waals surface area (Å²) in [5.74, 6) is 1.75. The summed E-state index contributed by atoms with van der Waals surface area (Å²) in [4.78, 5) is 12.4. The van der Waals surface area contributed by atoms with Gasteiger partial charge in [-0.15, -0.1) is 0 Å². The van der Waals surface area contributed by atoms with Gasteiger partial charge in [0.25, 0.3) is 0 Å². The number of carbonyl (C=O) groups excluding carboxylic acids is 1. The quantitative estimate of drug-likeness (QED) is 0.502. The van der Waals surface area contributed by atoms with E-state index in [9.17, 15) is 4.79 Å². The van der Waals surface area contributed by atoms with Crippen LogP contribution in [0.4, 0.5) is 0 Å². The van der Waals surface area contributed by atoms with Crippen LogP contribution in [0.25, 0.3) is 0 Å². The van der Waals surface area contributed by atoms with Gasteiger partial charge in [0.05, 0.1) is 12.0 Å². The molecule has 0 N–H and O–H groups in total. The summed E-state index contributed by atoms with van der Waals surface area (Å²) in [5, 5.41) is 8.47. The molecular formula is C20H31NO2. The average molecular weight is 317 g/mol. The van der Waals surface area contributed by atoms with Crippen molar-refractivity contribution in [1.29, 1.82) is 5.26 Å². The Morgan fingerprint density at radius 1 is 1.09 bits per heavy atom. The normalized spacial score (nSPS) is 31.7. The molecule has 2 aliphatic rings. The van der Waals surface area contributed by atoms with Crippen molar-refractivity contribution in [2.45, 2.75) is 83.7 Å². The van der Waals surface area contributed by atoms with Crippen LogP contribution in [0, 0.1) is 29.1 Å². The summed E-state index contributed by atoms with van der Waals surface area (Å²) in [6, 6.07) is 2.03. The smallest absolute Gasteiger partial charge is 0.309 e. The molecule has 3 heteroatoms. The number of nitriles is 1. The second-order valence-electron chi connectivity index (χ2n) is 7.31. The van der Waals surface area contributed by atoms with E-state index in [0.717, 1.165) is 57.3 Å². The maximum Gasteiger partial charge on any atom is 0.309 e. The molecule has 2 saturated carbocycles. The van der Waals surface area contributed by atoms with E-state index in [-0.39, 0.29) is 18.0 Å². The van der Waals surface area contributed by atoms with Crippen LogP contribution >= 0.6 is 0 Å². The number of ether oxygens (including phenoxy) is 1. The number of nitrogens with zero attached hydrogens (tertiary/aromatic N) is 1. The van der Waals surface area contributed by atoms with E-state index >= 15 is 0 Å². The number of hydrogen-bond acceptors (Lipinski definition) is 3. The molecule has 0 radical (unpaired) electrons. The van der Waals surface area contributed by atoms with E-state index in [1.807, 2.05) is 12.1 Å². The molecule has 128 valence electrons. The summed E-state index contributed by atoms with van der Waals surface area (Å²) in [6.45, 7) is 2.26. The molecule has 0 heterocycles. The molecular weight excluding hydrogens is 286 g/mol. The van der Waals surface area contributed by atoms with Crippen molar-refractivity contribution in [2.75, 3.05) is 0 Å². The Hall–Kier alpha value is -1.30. The maximum absolute atomic E-state index is 12.4. The van der Waals surface area contributed by atoms with Gasteiger partial charge in [0.1, 0.15) is 6.10 Å². The Bertz CT molecular complexity index is 421. The first kappa shape index (κ1) is 18.0. The largest absolute Gasteiger partial charge is 0.462 e. The van der Waals surface area contributed by atoms with Crippen molar-refractivity contribution in [3.05, 3.63) is 12.2 Å². The third-order valence-electron chi connectivity index (χ3n) is 5.77. The molecule has 23 heavy (non-hydrogen) atoms. The lowest BCUT2D eigenvalue weighted by atomic mass is 9.80. The predicted octanol–water partition coefficient (Wildman–Crippen LogP) is 5.16. The van der Waals surface area contributed by atoms with Crippen LogP contribution in [0.2, 0.25) is 0 Å². The highest BCUT2D eigenvalue weighted by Crippen LogP contribution is 2.34. The Balaban J connectivity index is 1.64. The van der Waals surface area contributed by atoms with Gasteiger partial charge in [-0.2, -0.15) is 5.26 Å². The van der Waals surface area contributed by atoms with E-state index in [1.54, 1.807) is 6.08 Å². The number of carbonyl (C=O) groups is 1. The first-order valence-corrected chi connectivity index (χ1v) is 9.48. The number of esters is 1. The average Bonchev–Trinajstić information content (AvgIpc) is 2.60. The van der Waals surface area contributed by atoms with Gasteiger partial charge in [-0.1, -0.05) is 19.4 Å². The van der Waals surface area contributed by atoms with E-state index in [4.69, 9.17) is 10.00 Å². The fourth-order valence-corrected chi connectivity index (χ4v) is 4.07. The minimum absolute atomic E-state index is 0.0628. The predicted molar refractivity (Wildman–Crippen MR) is 91.6 cm³/mol. The van der Waals surface area contributed by atoms with Crippen LogP contribution in [0.5, 0.6) is 0 Å². The van der Waals surface area contributed by atoms with Crippen molar-refractivity contribution in [3.8, 4) is 6.07 Å². The fraction of sp³-hybridized carbons (Fsp3) is 0.800. The van der Waals surface area contributed by atoms with Gasteiger partial charge in [-0.25, -0.2) is 0 Å². The van der Waals surface area contributed by atoms with Gasteiger partial charge in [0.2, 0.25) is 0 Å². The molecule has 2 rings (SSSR count). The molecule has 0 unspecified atom stereocenters. The lowest BCUT2D eigenvalue weighted by Crippen LogP contribution is -2.30. The Morgan fingerprint density at radius 3 is 2.35 bits per heavy atom. The van der Waals surface area contributed by atoms with Gasteiger partial charge in [0.15, 0.2) is 0 Å². The highest BCUT2D eigenvalue weighted by atomic mass is 16.5. The van der Waals surface area contributed by atoms with E-state index in [2.05, 4.69) is 6.92 Å². The molecule has 0 amide bonds. The Kier molecular flexibility index (Phi) is 7.65. The lowest BCUT2D eigenvalue weighted by Gasteiger charge is -2.31. The Labute approximate surface area is 141 Å². The van der Waals surface area contributed by atoms with Crippen molar-refractivity contribution in [3.63, 3.8) is 0 Å². The first-order valence-electron chi connectivity index (χ1n) is 9.48. The molecule has 0 spiro atoms. The molecule has 2 aliphatic carbocycles. The lowest BCUT2D eigenvalue weighted by molar-refractivity contribution is -0.157. The molecule has 3 nitrogen and oxygen atoms in total. The maximum atomic E-state index is 12.4. The van der Waals surface area contributed by atoms with E-state index in [0.29, 0.717) is 5.92 Å². The topological polar surface area (TPSA) is 50.1 Å². The second-order valence-corrected chi connectivity index (χ2v) is 7.31. The van der Waals surface area contributed by atoms with Crippen LogP contribution < -0.4 is 0 Å². The number of rotatable bonds is 6. The monoisotopic (exact) mass is 317 g/mol. The molecule has 0 aromatic carbocycles. The summed E-state index contributed by atoms with van der Waals surface area (Å²) in [7, 11) is 0. The summed E-state index contributed by atoms with van der Waals surface area (Å²) in [6.07, 6.45) is 15.9. The molecule has 2 fully saturated rings. The van der Waals surface area contributed by atoms with E-state index in [1.165, 1.54) is 19.3 Å². The van der Waals surface area contributed by atoms with Crippen molar-refractivity contribution in [2.24, 2.45) is 17.8 Å². The van der Waals surface area contributed by atoms with Crippen molar-refractivity contribution >= 4 is 5.97 Å². The van der Waals surface area contributed by atoms with Gasteiger partial charge in [-0.05, 0) is 76.0 Å². The summed E-state index contributed by atoms with van der Waals surface area (Å²) >= 11 is 0. The highest BCUT2D eigenvalue weighted by molar-refractivity contribution is 5.72.